The Morgan fingerprint density at radius 3 is 2.44 bits per heavy atom. The molecule has 0 amide bonds. The number of hydrogen-bond donors (Lipinski definition) is 2. The molecule has 1 heterocycles. The number of hydrogen-bond acceptors (Lipinski definition) is 5. The second-order valence-corrected chi connectivity index (χ2v) is 6.16. The van der Waals surface area contributed by atoms with Crippen LogP contribution in [0.1, 0.15) is 23.6 Å². The lowest BCUT2D eigenvalue weighted by molar-refractivity contribution is 0.173. The van der Waals surface area contributed by atoms with E-state index in [0.717, 1.165) is 37.3 Å². The summed E-state index contributed by atoms with van der Waals surface area (Å²) in [7, 11) is 0. The maximum atomic E-state index is 10.5. The molecule has 0 saturated carbocycles. The van der Waals surface area contributed by atoms with Crippen LogP contribution in [0.4, 0.5) is 0 Å². The molecule has 0 bridgehead atoms. The summed E-state index contributed by atoms with van der Waals surface area (Å²) in [6.45, 7) is 4.01. The fraction of sp³-hybridized carbons (Fsp3) is 0.350. The van der Waals surface area contributed by atoms with Gasteiger partial charge in [0.05, 0.1) is 18.5 Å². The topological polar surface area (TPSA) is 68.5 Å². The van der Waals surface area contributed by atoms with Gasteiger partial charge < -0.3 is 15.2 Å². The number of phenolic OH excluding ortho intramolecular Hbond substituents is 1. The van der Waals surface area contributed by atoms with Gasteiger partial charge in [0.2, 0.25) is 0 Å². The van der Waals surface area contributed by atoms with Crippen LogP contribution >= 0.6 is 24.8 Å². The van der Waals surface area contributed by atoms with Gasteiger partial charge in [0, 0.05) is 37.8 Å². The van der Waals surface area contributed by atoms with Crippen molar-refractivity contribution in [3.63, 3.8) is 0 Å². The van der Waals surface area contributed by atoms with Gasteiger partial charge in [0.15, 0.2) is 0 Å². The lowest BCUT2D eigenvalue weighted by Gasteiger charge is -2.34. The Labute approximate surface area is 172 Å². The molecule has 0 unspecified atom stereocenters. The van der Waals surface area contributed by atoms with E-state index in [9.17, 15) is 10.4 Å². The standard InChI is InChI=1S/C20H23N3O2.2ClH/c21-9-8-19(23-12-10-22-11-13-23)18-7-6-17(14-20(18)24)25-15-16-4-2-1-3-5-16;;/h1-7,14,19,22,24H,8,10-13,15H2;2*1H/t19-;;/m1../s1. The number of aromatic hydroxyl groups is 1. The average molecular weight is 410 g/mol. The smallest absolute Gasteiger partial charge is 0.124 e. The molecule has 0 radical (unpaired) electrons. The predicted molar refractivity (Wildman–Crippen MR) is 111 cm³/mol. The molecule has 3 rings (SSSR count). The summed E-state index contributed by atoms with van der Waals surface area (Å²) in [5, 5.41) is 23.0. The van der Waals surface area contributed by atoms with Gasteiger partial charge in [-0.2, -0.15) is 5.26 Å². The highest BCUT2D eigenvalue weighted by atomic mass is 35.5. The van der Waals surface area contributed by atoms with Crippen molar-refractivity contribution in [2.45, 2.75) is 19.1 Å². The van der Waals surface area contributed by atoms with Gasteiger partial charge in [-0.05, 0) is 11.6 Å². The summed E-state index contributed by atoms with van der Waals surface area (Å²) in [4.78, 5) is 2.25. The molecule has 2 N–H and O–H groups in total. The van der Waals surface area contributed by atoms with Gasteiger partial charge in [0.25, 0.3) is 0 Å². The first-order valence-corrected chi connectivity index (χ1v) is 8.59. The van der Waals surface area contributed by atoms with Crippen LogP contribution in [0.25, 0.3) is 0 Å². The minimum absolute atomic E-state index is 0. The van der Waals surface area contributed by atoms with Crippen LogP contribution in [0.5, 0.6) is 11.5 Å². The molecule has 1 saturated heterocycles. The lowest BCUT2D eigenvalue weighted by Crippen LogP contribution is -2.45. The molecule has 27 heavy (non-hydrogen) atoms. The van der Waals surface area contributed by atoms with Gasteiger partial charge in [0.1, 0.15) is 18.1 Å². The van der Waals surface area contributed by atoms with E-state index in [0.29, 0.717) is 18.8 Å². The highest BCUT2D eigenvalue weighted by Crippen LogP contribution is 2.34. The summed E-state index contributed by atoms with van der Waals surface area (Å²) in [5.74, 6) is 0.811. The molecule has 0 spiro atoms. The molecule has 1 atom stereocenters. The van der Waals surface area contributed by atoms with Crippen LogP contribution < -0.4 is 10.1 Å². The fourth-order valence-corrected chi connectivity index (χ4v) is 3.15. The molecule has 0 aromatic heterocycles. The molecular weight excluding hydrogens is 385 g/mol. The SMILES string of the molecule is Cl.Cl.N#CC[C@H](c1ccc(OCc2ccccc2)cc1O)N1CCNCC1. The predicted octanol–water partition coefficient (Wildman–Crippen LogP) is 3.67. The maximum absolute atomic E-state index is 10.5. The van der Waals surface area contributed by atoms with E-state index in [1.54, 1.807) is 6.07 Å². The van der Waals surface area contributed by atoms with Crippen LogP contribution in [0.3, 0.4) is 0 Å². The van der Waals surface area contributed by atoms with Crippen molar-refractivity contribution in [2.75, 3.05) is 26.2 Å². The van der Waals surface area contributed by atoms with E-state index in [1.807, 2.05) is 42.5 Å². The number of rotatable bonds is 6. The van der Waals surface area contributed by atoms with Crippen molar-refractivity contribution in [3.8, 4) is 17.6 Å². The van der Waals surface area contributed by atoms with E-state index in [2.05, 4.69) is 16.3 Å². The molecule has 146 valence electrons. The highest BCUT2D eigenvalue weighted by molar-refractivity contribution is 5.85. The monoisotopic (exact) mass is 409 g/mol. The minimum Gasteiger partial charge on any atom is -0.507 e. The third kappa shape index (κ3) is 6.30. The quantitative estimate of drug-likeness (QED) is 0.761. The largest absolute Gasteiger partial charge is 0.507 e. The van der Waals surface area contributed by atoms with Gasteiger partial charge >= 0.3 is 0 Å². The zero-order valence-corrected chi connectivity index (χ0v) is 16.6. The minimum atomic E-state index is -0.0877. The molecular formula is C20H25Cl2N3O2. The number of nitrogens with zero attached hydrogens (tertiary/aromatic N) is 2. The first kappa shape index (κ1) is 23.1. The average Bonchev–Trinajstić information content (AvgIpc) is 2.66. The Balaban J connectivity index is 0.00000182. The molecule has 1 fully saturated rings. The van der Waals surface area contributed by atoms with Crippen molar-refractivity contribution in [3.05, 3.63) is 59.7 Å². The van der Waals surface area contributed by atoms with Crippen molar-refractivity contribution in [1.82, 2.24) is 10.2 Å². The van der Waals surface area contributed by atoms with E-state index < -0.39 is 0 Å². The highest BCUT2D eigenvalue weighted by Gasteiger charge is 2.24. The van der Waals surface area contributed by atoms with Crippen LogP contribution in [-0.2, 0) is 6.61 Å². The normalized spacial score (nSPS) is 14.9. The second-order valence-electron chi connectivity index (χ2n) is 6.16. The number of benzene rings is 2. The number of nitrogens with one attached hydrogen (secondary N) is 1. The van der Waals surface area contributed by atoms with Crippen molar-refractivity contribution < 1.29 is 9.84 Å². The third-order valence-electron chi connectivity index (χ3n) is 4.49. The summed E-state index contributed by atoms with van der Waals surface area (Å²) in [6, 6.07) is 17.5. The van der Waals surface area contributed by atoms with Gasteiger partial charge in [-0.25, -0.2) is 0 Å². The number of ether oxygens (including phenoxy) is 1. The second kappa shape index (κ2) is 11.7. The fourth-order valence-electron chi connectivity index (χ4n) is 3.15. The molecule has 2 aromatic rings. The summed E-state index contributed by atoms with van der Waals surface area (Å²) >= 11 is 0. The van der Waals surface area contributed by atoms with Gasteiger partial charge in [-0.1, -0.05) is 36.4 Å². The molecule has 7 heteroatoms. The summed E-state index contributed by atoms with van der Waals surface area (Å²) < 4.78 is 5.76. The Morgan fingerprint density at radius 2 is 1.81 bits per heavy atom. The Morgan fingerprint density at radius 1 is 1.11 bits per heavy atom. The molecule has 0 aliphatic carbocycles. The summed E-state index contributed by atoms with van der Waals surface area (Å²) in [5.41, 5.74) is 1.87. The Hall–Kier alpha value is -1.97. The number of nitriles is 1. The van der Waals surface area contributed by atoms with Crippen LogP contribution in [0, 0.1) is 11.3 Å². The molecule has 5 nitrogen and oxygen atoms in total. The van der Waals surface area contributed by atoms with E-state index >= 15 is 0 Å². The first-order chi connectivity index (χ1) is 12.3. The van der Waals surface area contributed by atoms with Crippen LogP contribution in [-0.4, -0.2) is 36.2 Å². The molecule has 1 aliphatic heterocycles. The molecule has 2 aromatic carbocycles. The Bertz CT molecular complexity index is 732. The van der Waals surface area contributed by atoms with E-state index in [1.165, 1.54) is 0 Å². The number of piperazine rings is 1. The zero-order chi connectivity index (χ0) is 17.5. The van der Waals surface area contributed by atoms with Crippen molar-refractivity contribution in [2.24, 2.45) is 0 Å². The van der Waals surface area contributed by atoms with Gasteiger partial charge in [-0.15, -0.1) is 24.8 Å². The van der Waals surface area contributed by atoms with Crippen LogP contribution in [0.2, 0.25) is 0 Å². The maximum Gasteiger partial charge on any atom is 0.124 e. The third-order valence-corrected chi connectivity index (χ3v) is 4.49. The zero-order valence-electron chi connectivity index (χ0n) is 15.0. The number of halogens is 2. The Kier molecular flexibility index (Phi) is 9.98. The van der Waals surface area contributed by atoms with Gasteiger partial charge in [-0.3, -0.25) is 4.90 Å². The van der Waals surface area contributed by atoms with Crippen molar-refractivity contribution in [1.29, 1.82) is 5.26 Å². The van der Waals surface area contributed by atoms with E-state index in [-0.39, 0.29) is 36.6 Å². The van der Waals surface area contributed by atoms with Crippen LogP contribution in [0.15, 0.2) is 48.5 Å². The number of phenols is 1. The van der Waals surface area contributed by atoms with E-state index in [4.69, 9.17) is 4.74 Å². The molecule has 1 aliphatic rings. The lowest BCUT2D eigenvalue weighted by atomic mass is 10.0. The summed E-state index contributed by atoms with van der Waals surface area (Å²) in [6.07, 6.45) is 0.359. The van der Waals surface area contributed by atoms with Crippen molar-refractivity contribution >= 4 is 24.8 Å². The first-order valence-electron chi connectivity index (χ1n) is 8.59.